The number of hydrogen-bond acceptors (Lipinski definition) is 5. The second-order valence-corrected chi connectivity index (χ2v) is 6.03. The van der Waals surface area contributed by atoms with Gasteiger partial charge in [0.05, 0.1) is 12.3 Å². The number of ether oxygens (including phenoxy) is 1. The van der Waals surface area contributed by atoms with Crippen LogP contribution in [0.3, 0.4) is 0 Å². The zero-order valence-electron chi connectivity index (χ0n) is 12.9. The van der Waals surface area contributed by atoms with Gasteiger partial charge in [0.15, 0.2) is 10.1 Å². The molecule has 1 amide bonds. The molecule has 0 saturated heterocycles. The van der Waals surface area contributed by atoms with Crippen molar-refractivity contribution >= 4 is 39.9 Å². The van der Waals surface area contributed by atoms with Crippen LogP contribution in [0.5, 0.6) is 5.88 Å². The van der Waals surface area contributed by atoms with Gasteiger partial charge in [-0.3, -0.25) is 9.20 Å². The van der Waals surface area contributed by atoms with Crippen LogP contribution in [0.2, 0.25) is 5.15 Å². The van der Waals surface area contributed by atoms with Crippen LogP contribution in [-0.2, 0) is 11.3 Å². The predicted octanol–water partition coefficient (Wildman–Crippen LogP) is 3.17. The maximum Gasteiger partial charge on any atom is 0.244 e. The number of carbonyl (C=O) groups is 1. The first-order chi connectivity index (χ1) is 11.7. The molecule has 1 N–H and O–H groups in total. The van der Waals surface area contributed by atoms with Gasteiger partial charge in [-0.25, -0.2) is 9.97 Å². The number of nitrogens with one attached hydrogen (secondary N) is 1. The van der Waals surface area contributed by atoms with Gasteiger partial charge in [-0.1, -0.05) is 17.7 Å². The summed E-state index contributed by atoms with van der Waals surface area (Å²) < 4.78 is 7.27. The molecule has 0 fully saturated rings. The Balaban J connectivity index is 1.66. The largest absolute Gasteiger partial charge is 0.478 e. The maximum absolute atomic E-state index is 12.0. The molecule has 6 nitrogen and oxygen atoms in total. The first kappa shape index (κ1) is 16.5. The Labute approximate surface area is 147 Å². The quantitative estimate of drug-likeness (QED) is 0.684. The topological polar surface area (TPSA) is 68.5 Å². The monoisotopic (exact) mass is 362 g/mol. The van der Waals surface area contributed by atoms with E-state index in [1.165, 1.54) is 17.4 Å². The summed E-state index contributed by atoms with van der Waals surface area (Å²) >= 11 is 7.57. The summed E-state index contributed by atoms with van der Waals surface area (Å²) in [6.07, 6.45) is 6.60. The van der Waals surface area contributed by atoms with Crippen molar-refractivity contribution in [1.82, 2.24) is 19.7 Å². The van der Waals surface area contributed by atoms with Gasteiger partial charge < -0.3 is 10.1 Å². The highest BCUT2D eigenvalue weighted by Crippen LogP contribution is 2.22. The first-order valence-corrected chi connectivity index (χ1v) is 8.58. The highest BCUT2D eigenvalue weighted by atomic mass is 35.5. The van der Waals surface area contributed by atoms with Gasteiger partial charge >= 0.3 is 0 Å². The van der Waals surface area contributed by atoms with E-state index in [0.29, 0.717) is 29.9 Å². The summed E-state index contributed by atoms with van der Waals surface area (Å²) in [7, 11) is 0. The van der Waals surface area contributed by atoms with Gasteiger partial charge in [0, 0.05) is 36.0 Å². The summed E-state index contributed by atoms with van der Waals surface area (Å²) in [5.74, 6) is 0.297. The number of amides is 1. The van der Waals surface area contributed by atoms with E-state index in [1.807, 2.05) is 29.0 Å². The van der Waals surface area contributed by atoms with Crippen LogP contribution < -0.4 is 10.1 Å². The van der Waals surface area contributed by atoms with Crippen LogP contribution >= 0.6 is 22.9 Å². The van der Waals surface area contributed by atoms with E-state index < -0.39 is 0 Å². The Morgan fingerprint density at radius 2 is 2.42 bits per heavy atom. The number of thiazole rings is 1. The minimum atomic E-state index is -0.234. The summed E-state index contributed by atoms with van der Waals surface area (Å²) in [6.45, 7) is 2.74. The zero-order chi connectivity index (χ0) is 16.9. The Morgan fingerprint density at radius 3 is 3.25 bits per heavy atom. The lowest BCUT2D eigenvalue weighted by molar-refractivity contribution is -0.116. The summed E-state index contributed by atoms with van der Waals surface area (Å²) in [5.41, 5.74) is 1.50. The van der Waals surface area contributed by atoms with E-state index in [4.69, 9.17) is 16.3 Å². The van der Waals surface area contributed by atoms with E-state index in [0.717, 1.165) is 10.5 Å². The summed E-state index contributed by atoms with van der Waals surface area (Å²) in [6, 6.07) is 3.67. The third-order valence-corrected chi connectivity index (χ3v) is 4.27. The molecule has 24 heavy (non-hydrogen) atoms. The molecule has 0 aromatic carbocycles. The Hall–Kier alpha value is -2.38. The van der Waals surface area contributed by atoms with Crippen LogP contribution in [-0.4, -0.2) is 26.9 Å². The Morgan fingerprint density at radius 1 is 1.54 bits per heavy atom. The lowest BCUT2D eigenvalue weighted by Gasteiger charge is -2.08. The molecule has 0 saturated carbocycles. The second kappa shape index (κ2) is 7.46. The molecule has 3 aromatic heterocycles. The van der Waals surface area contributed by atoms with Crippen LogP contribution in [0.1, 0.15) is 18.2 Å². The second-order valence-electron chi connectivity index (χ2n) is 4.80. The molecule has 124 valence electrons. The zero-order valence-corrected chi connectivity index (χ0v) is 14.5. The lowest BCUT2D eigenvalue weighted by Crippen LogP contribution is -2.21. The molecule has 3 rings (SSSR count). The van der Waals surface area contributed by atoms with Crippen molar-refractivity contribution in [3.05, 3.63) is 52.4 Å². The summed E-state index contributed by atoms with van der Waals surface area (Å²) in [5, 5.41) is 5.09. The van der Waals surface area contributed by atoms with Crippen LogP contribution in [0.25, 0.3) is 11.0 Å². The fourth-order valence-electron chi connectivity index (χ4n) is 2.15. The number of carbonyl (C=O) groups excluding carboxylic acids is 1. The minimum Gasteiger partial charge on any atom is -0.478 e. The fourth-order valence-corrected chi connectivity index (χ4v) is 3.15. The molecule has 0 unspecified atom stereocenters. The molecule has 0 spiro atoms. The van der Waals surface area contributed by atoms with Gasteiger partial charge in [-0.05, 0) is 19.1 Å². The molecule has 0 aliphatic carbocycles. The van der Waals surface area contributed by atoms with Gasteiger partial charge in [-0.2, -0.15) is 0 Å². The van der Waals surface area contributed by atoms with Gasteiger partial charge in [-0.15, -0.1) is 11.3 Å². The van der Waals surface area contributed by atoms with Crippen LogP contribution in [0.15, 0.2) is 36.0 Å². The number of halogens is 1. The average molecular weight is 363 g/mol. The highest BCUT2D eigenvalue weighted by Gasteiger charge is 2.09. The van der Waals surface area contributed by atoms with E-state index in [9.17, 15) is 4.79 Å². The standard InChI is InChI=1S/C16H15ClN4O2S/c1-2-23-15-11(4-3-7-18-15)10-19-13(22)6-5-12-14(17)20-16-21(12)8-9-24-16/h3-9H,2,10H2,1H3,(H,19,22)/b6-5+. The molecule has 0 atom stereocenters. The molecular formula is C16H15ClN4O2S. The van der Waals surface area contributed by atoms with Crippen LogP contribution in [0, 0.1) is 0 Å². The number of hydrogen-bond donors (Lipinski definition) is 1. The summed E-state index contributed by atoms with van der Waals surface area (Å²) in [4.78, 5) is 21.2. The van der Waals surface area contributed by atoms with Crippen LogP contribution in [0.4, 0.5) is 0 Å². The number of nitrogens with zero attached hydrogens (tertiary/aromatic N) is 3. The molecule has 8 heteroatoms. The number of pyridine rings is 1. The fraction of sp³-hybridized carbons (Fsp3) is 0.188. The van der Waals surface area contributed by atoms with Crippen molar-refractivity contribution < 1.29 is 9.53 Å². The SMILES string of the molecule is CCOc1ncccc1CNC(=O)/C=C/c1c(Cl)nc2sccn12. The Bertz CT molecular complexity index is 887. The molecule has 3 aromatic rings. The Kier molecular flexibility index (Phi) is 5.12. The van der Waals surface area contributed by atoms with Crippen molar-refractivity contribution in [3.8, 4) is 5.88 Å². The third kappa shape index (κ3) is 3.58. The number of aromatic nitrogens is 3. The van der Waals surface area contributed by atoms with Crippen molar-refractivity contribution in [1.29, 1.82) is 0 Å². The van der Waals surface area contributed by atoms with Gasteiger partial charge in [0.1, 0.15) is 0 Å². The van der Waals surface area contributed by atoms with E-state index in [2.05, 4.69) is 15.3 Å². The number of imidazole rings is 1. The predicted molar refractivity (Wildman–Crippen MR) is 94.4 cm³/mol. The highest BCUT2D eigenvalue weighted by molar-refractivity contribution is 7.15. The smallest absolute Gasteiger partial charge is 0.244 e. The van der Waals surface area contributed by atoms with Crippen molar-refractivity contribution in [3.63, 3.8) is 0 Å². The van der Waals surface area contributed by atoms with Gasteiger partial charge in [0.2, 0.25) is 11.8 Å². The van der Waals surface area contributed by atoms with Crippen molar-refractivity contribution in [2.24, 2.45) is 0 Å². The molecule has 0 radical (unpaired) electrons. The minimum absolute atomic E-state index is 0.234. The number of fused-ring (bicyclic) bond motifs is 1. The first-order valence-electron chi connectivity index (χ1n) is 7.32. The maximum atomic E-state index is 12.0. The molecule has 3 heterocycles. The normalized spacial score (nSPS) is 11.2. The average Bonchev–Trinajstić information content (AvgIpc) is 3.13. The molecule has 0 bridgehead atoms. The molecule has 0 aliphatic rings. The van der Waals surface area contributed by atoms with E-state index in [-0.39, 0.29) is 5.91 Å². The van der Waals surface area contributed by atoms with Gasteiger partial charge in [0.25, 0.3) is 0 Å². The third-order valence-electron chi connectivity index (χ3n) is 3.23. The van der Waals surface area contributed by atoms with E-state index in [1.54, 1.807) is 18.3 Å². The van der Waals surface area contributed by atoms with E-state index >= 15 is 0 Å². The van der Waals surface area contributed by atoms with Crippen molar-refractivity contribution in [2.75, 3.05) is 6.61 Å². The lowest BCUT2D eigenvalue weighted by atomic mass is 10.2. The molecule has 0 aliphatic heterocycles. The molecular weight excluding hydrogens is 348 g/mol. The number of rotatable bonds is 6. The van der Waals surface area contributed by atoms with Crippen molar-refractivity contribution in [2.45, 2.75) is 13.5 Å².